The van der Waals surface area contributed by atoms with Gasteiger partial charge in [-0.05, 0) is 25.0 Å². The van der Waals surface area contributed by atoms with E-state index >= 15 is 0 Å². The third-order valence-corrected chi connectivity index (χ3v) is 3.82. The summed E-state index contributed by atoms with van der Waals surface area (Å²) in [5.41, 5.74) is 8.46. The number of nitrogens with two attached hydrogens (primary N) is 1. The molecule has 1 aromatic carbocycles. The van der Waals surface area contributed by atoms with Gasteiger partial charge in [-0.25, -0.2) is 0 Å². The Bertz CT molecular complexity index is 751. The molecule has 3 rings (SSSR count). The smallest absolute Gasteiger partial charge is 0.263 e. The zero-order chi connectivity index (χ0) is 15.0. The van der Waals surface area contributed by atoms with Crippen molar-refractivity contribution >= 4 is 11.6 Å². The number of pyridine rings is 1. The Labute approximate surface area is 122 Å². The minimum atomic E-state index is -0.282. The average Bonchev–Trinajstić information content (AvgIpc) is 2.47. The van der Waals surface area contributed by atoms with Gasteiger partial charge in [-0.1, -0.05) is 18.2 Å². The molecule has 0 aliphatic carbocycles. The molecule has 0 saturated carbocycles. The Morgan fingerprint density at radius 3 is 2.90 bits per heavy atom. The second kappa shape index (κ2) is 5.18. The van der Waals surface area contributed by atoms with Crippen LogP contribution in [0.5, 0.6) is 0 Å². The summed E-state index contributed by atoms with van der Waals surface area (Å²) >= 11 is 0. The fraction of sp³-hybridized carbons (Fsp3) is 0.250. The number of fused-ring (bicyclic) bond motifs is 1. The van der Waals surface area contributed by atoms with Gasteiger partial charge in [0.25, 0.3) is 5.91 Å². The zero-order valence-electron chi connectivity index (χ0n) is 11.8. The number of hydrogen-bond acceptors (Lipinski definition) is 3. The highest BCUT2D eigenvalue weighted by Crippen LogP contribution is 2.32. The SMILES string of the molecule is Cc1cc(=O)c(C(=O)N2CCC(N)c3ccccc32)c[nH]1. The van der Waals surface area contributed by atoms with Gasteiger partial charge in [-0.3, -0.25) is 9.59 Å². The van der Waals surface area contributed by atoms with E-state index in [4.69, 9.17) is 5.73 Å². The van der Waals surface area contributed by atoms with Crippen molar-refractivity contribution in [3.8, 4) is 0 Å². The Morgan fingerprint density at radius 1 is 1.38 bits per heavy atom. The summed E-state index contributed by atoms with van der Waals surface area (Å²) in [6.07, 6.45) is 2.17. The highest BCUT2D eigenvalue weighted by atomic mass is 16.2. The number of amides is 1. The maximum atomic E-state index is 12.7. The van der Waals surface area contributed by atoms with Crippen LogP contribution in [0.3, 0.4) is 0 Å². The van der Waals surface area contributed by atoms with Crippen LogP contribution in [0, 0.1) is 6.92 Å². The number of carbonyl (C=O) groups is 1. The molecule has 1 aliphatic heterocycles. The van der Waals surface area contributed by atoms with Crippen molar-refractivity contribution in [1.82, 2.24) is 4.98 Å². The number of nitrogens with zero attached hydrogens (tertiary/aromatic N) is 1. The number of aromatic nitrogens is 1. The average molecular weight is 283 g/mol. The highest BCUT2D eigenvalue weighted by molar-refractivity contribution is 6.06. The molecule has 0 fully saturated rings. The van der Waals surface area contributed by atoms with E-state index < -0.39 is 0 Å². The Kier molecular flexibility index (Phi) is 3.35. The van der Waals surface area contributed by atoms with Gasteiger partial charge in [0.1, 0.15) is 5.56 Å². The Morgan fingerprint density at radius 2 is 2.14 bits per heavy atom. The molecular weight excluding hydrogens is 266 g/mol. The first-order valence-electron chi connectivity index (χ1n) is 6.93. The number of para-hydroxylation sites is 1. The first-order valence-corrected chi connectivity index (χ1v) is 6.93. The summed E-state index contributed by atoms with van der Waals surface area (Å²) in [5.74, 6) is -0.282. The van der Waals surface area contributed by atoms with Gasteiger partial charge >= 0.3 is 0 Å². The van der Waals surface area contributed by atoms with Crippen LogP contribution in [0.4, 0.5) is 5.69 Å². The van der Waals surface area contributed by atoms with E-state index in [-0.39, 0.29) is 22.9 Å². The molecule has 1 aliphatic rings. The fourth-order valence-electron chi connectivity index (χ4n) is 2.69. The summed E-state index contributed by atoms with van der Waals surface area (Å²) in [6.45, 7) is 2.30. The van der Waals surface area contributed by atoms with E-state index in [1.807, 2.05) is 24.3 Å². The van der Waals surface area contributed by atoms with Gasteiger partial charge in [0, 0.05) is 36.2 Å². The lowest BCUT2D eigenvalue weighted by molar-refractivity contribution is 0.0983. The normalized spacial score (nSPS) is 17.4. The van der Waals surface area contributed by atoms with Gasteiger partial charge in [0.05, 0.1) is 0 Å². The number of H-pyrrole nitrogens is 1. The molecule has 1 amide bonds. The molecule has 1 aromatic heterocycles. The quantitative estimate of drug-likeness (QED) is 0.836. The second-order valence-electron chi connectivity index (χ2n) is 5.30. The molecule has 3 N–H and O–H groups in total. The van der Waals surface area contributed by atoms with Crippen molar-refractivity contribution in [2.75, 3.05) is 11.4 Å². The summed E-state index contributed by atoms with van der Waals surface area (Å²) < 4.78 is 0. The van der Waals surface area contributed by atoms with E-state index in [0.29, 0.717) is 13.0 Å². The minimum absolute atomic E-state index is 0.0680. The molecule has 0 spiro atoms. The van der Waals surface area contributed by atoms with Gasteiger partial charge in [0.2, 0.25) is 0 Å². The first-order chi connectivity index (χ1) is 10.1. The molecule has 5 nitrogen and oxygen atoms in total. The monoisotopic (exact) mass is 283 g/mol. The van der Waals surface area contributed by atoms with Gasteiger partial charge < -0.3 is 15.6 Å². The third-order valence-electron chi connectivity index (χ3n) is 3.82. The molecule has 1 unspecified atom stereocenters. The number of aryl methyl sites for hydroxylation is 1. The lowest BCUT2D eigenvalue weighted by atomic mass is 9.96. The molecule has 5 heteroatoms. The summed E-state index contributed by atoms with van der Waals surface area (Å²) in [4.78, 5) is 29.2. The van der Waals surface area contributed by atoms with Crippen molar-refractivity contribution in [1.29, 1.82) is 0 Å². The van der Waals surface area contributed by atoms with Crippen LogP contribution >= 0.6 is 0 Å². The Balaban J connectivity index is 2.03. The number of benzene rings is 1. The van der Waals surface area contributed by atoms with E-state index in [0.717, 1.165) is 16.9 Å². The van der Waals surface area contributed by atoms with Gasteiger partial charge in [-0.2, -0.15) is 0 Å². The molecule has 21 heavy (non-hydrogen) atoms. The second-order valence-corrected chi connectivity index (χ2v) is 5.30. The number of rotatable bonds is 1. The molecule has 2 aromatic rings. The van der Waals surface area contributed by atoms with Crippen molar-refractivity contribution < 1.29 is 4.79 Å². The maximum Gasteiger partial charge on any atom is 0.263 e. The third kappa shape index (κ3) is 2.36. The van der Waals surface area contributed by atoms with Crippen LogP contribution in [-0.2, 0) is 0 Å². The predicted molar refractivity (Wildman–Crippen MR) is 81.5 cm³/mol. The maximum absolute atomic E-state index is 12.7. The Hall–Kier alpha value is -2.40. The minimum Gasteiger partial charge on any atom is -0.364 e. The van der Waals surface area contributed by atoms with Crippen LogP contribution < -0.4 is 16.1 Å². The lowest BCUT2D eigenvalue weighted by Gasteiger charge is -2.32. The number of nitrogens with one attached hydrogen (secondary N) is 1. The van der Waals surface area contributed by atoms with Crippen molar-refractivity contribution in [2.45, 2.75) is 19.4 Å². The summed E-state index contributed by atoms with van der Waals surface area (Å²) in [7, 11) is 0. The van der Waals surface area contributed by atoms with E-state index in [2.05, 4.69) is 4.98 Å². The molecule has 2 heterocycles. The molecule has 0 bridgehead atoms. The summed E-state index contributed by atoms with van der Waals surface area (Å²) in [6, 6.07) is 8.95. The van der Waals surface area contributed by atoms with Gasteiger partial charge in [-0.15, -0.1) is 0 Å². The largest absolute Gasteiger partial charge is 0.364 e. The van der Waals surface area contributed by atoms with Crippen LogP contribution in [0.15, 0.2) is 41.3 Å². The van der Waals surface area contributed by atoms with E-state index in [9.17, 15) is 9.59 Å². The number of aromatic amines is 1. The predicted octanol–water partition coefficient (Wildman–Crippen LogP) is 1.73. The molecule has 0 radical (unpaired) electrons. The highest BCUT2D eigenvalue weighted by Gasteiger charge is 2.28. The number of carbonyl (C=O) groups excluding carboxylic acids is 1. The van der Waals surface area contributed by atoms with Crippen molar-refractivity contribution in [3.05, 3.63) is 63.6 Å². The van der Waals surface area contributed by atoms with E-state index in [1.165, 1.54) is 12.3 Å². The molecule has 0 saturated heterocycles. The number of anilines is 1. The van der Waals surface area contributed by atoms with Crippen molar-refractivity contribution in [3.63, 3.8) is 0 Å². The standard InChI is InChI=1S/C16H17N3O2/c1-10-8-15(20)12(9-18-10)16(21)19-7-6-13(17)11-4-2-3-5-14(11)19/h2-5,8-9,13H,6-7,17H2,1H3,(H,18,20). The van der Waals surface area contributed by atoms with Crippen LogP contribution in [0.25, 0.3) is 0 Å². The lowest BCUT2D eigenvalue weighted by Crippen LogP contribution is -2.40. The van der Waals surface area contributed by atoms with Crippen LogP contribution in [0.2, 0.25) is 0 Å². The number of hydrogen-bond donors (Lipinski definition) is 2. The topological polar surface area (TPSA) is 79.2 Å². The zero-order valence-corrected chi connectivity index (χ0v) is 11.8. The van der Waals surface area contributed by atoms with Gasteiger partial charge in [0.15, 0.2) is 5.43 Å². The molecular formula is C16H17N3O2. The molecule has 1 atom stereocenters. The van der Waals surface area contributed by atoms with Crippen LogP contribution in [0.1, 0.15) is 34.1 Å². The van der Waals surface area contributed by atoms with Crippen LogP contribution in [-0.4, -0.2) is 17.4 Å². The summed E-state index contributed by atoms with van der Waals surface area (Å²) in [5, 5.41) is 0. The first kappa shape index (κ1) is 13.6. The molecule has 108 valence electrons. The fourth-order valence-corrected chi connectivity index (χ4v) is 2.69. The van der Waals surface area contributed by atoms with Crippen molar-refractivity contribution in [2.24, 2.45) is 5.73 Å². The van der Waals surface area contributed by atoms with E-state index in [1.54, 1.807) is 11.8 Å².